The van der Waals surface area contributed by atoms with Gasteiger partial charge < -0.3 is 4.74 Å². The third-order valence-corrected chi connectivity index (χ3v) is 7.20. The number of benzene rings is 1. The van der Waals surface area contributed by atoms with Gasteiger partial charge in [0.05, 0.1) is 18.1 Å². The van der Waals surface area contributed by atoms with Gasteiger partial charge in [-0.15, -0.1) is 0 Å². The summed E-state index contributed by atoms with van der Waals surface area (Å²) in [5, 5.41) is 0. The van der Waals surface area contributed by atoms with Gasteiger partial charge in [-0.3, -0.25) is 4.90 Å². The van der Waals surface area contributed by atoms with Gasteiger partial charge in [0.1, 0.15) is 0 Å². The molecule has 0 N–H and O–H groups in total. The molecule has 0 aliphatic carbocycles. The molecular formula is C18H28N2O3S. The topological polar surface area (TPSA) is 49.9 Å². The normalized spacial score (nSPS) is 21.9. The first-order valence-electron chi connectivity index (χ1n) is 8.84. The molecular weight excluding hydrogens is 324 g/mol. The van der Waals surface area contributed by atoms with E-state index in [0.29, 0.717) is 23.9 Å². The van der Waals surface area contributed by atoms with Gasteiger partial charge in [-0.2, -0.15) is 4.31 Å². The Bertz CT molecular complexity index is 661. The van der Waals surface area contributed by atoms with Crippen LogP contribution in [-0.2, 0) is 14.8 Å². The molecule has 0 atom stereocenters. The second kappa shape index (κ2) is 7.52. The van der Waals surface area contributed by atoms with E-state index in [9.17, 15) is 8.42 Å². The summed E-state index contributed by atoms with van der Waals surface area (Å²) < 4.78 is 32.9. The fourth-order valence-electron chi connectivity index (χ4n) is 3.71. The molecule has 2 fully saturated rings. The molecule has 24 heavy (non-hydrogen) atoms. The van der Waals surface area contributed by atoms with Crippen molar-refractivity contribution in [2.45, 2.75) is 31.6 Å². The number of morpholine rings is 1. The van der Waals surface area contributed by atoms with Gasteiger partial charge in [-0.1, -0.05) is 17.7 Å². The van der Waals surface area contributed by atoms with Crippen LogP contribution in [0.2, 0.25) is 0 Å². The second-order valence-corrected chi connectivity index (χ2v) is 8.94. The summed E-state index contributed by atoms with van der Waals surface area (Å²) in [4.78, 5) is 2.90. The smallest absolute Gasteiger partial charge is 0.243 e. The summed E-state index contributed by atoms with van der Waals surface area (Å²) in [6.45, 7) is 9.84. The Morgan fingerprint density at radius 2 is 1.75 bits per heavy atom. The molecule has 2 heterocycles. The van der Waals surface area contributed by atoms with Crippen LogP contribution in [0.25, 0.3) is 0 Å². The minimum Gasteiger partial charge on any atom is -0.379 e. The molecule has 6 heteroatoms. The molecule has 1 aromatic carbocycles. The van der Waals surface area contributed by atoms with E-state index in [0.717, 1.165) is 56.8 Å². The highest BCUT2D eigenvalue weighted by Gasteiger charge is 2.31. The van der Waals surface area contributed by atoms with Gasteiger partial charge >= 0.3 is 0 Å². The first kappa shape index (κ1) is 17.9. The molecule has 0 amide bonds. The average molecular weight is 353 g/mol. The minimum atomic E-state index is -3.37. The molecule has 0 unspecified atom stereocenters. The minimum absolute atomic E-state index is 0.458. The van der Waals surface area contributed by atoms with Crippen molar-refractivity contribution in [1.82, 2.24) is 9.21 Å². The van der Waals surface area contributed by atoms with Crippen molar-refractivity contribution in [3.63, 3.8) is 0 Å². The van der Waals surface area contributed by atoms with E-state index >= 15 is 0 Å². The van der Waals surface area contributed by atoms with E-state index in [4.69, 9.17) is 4.74 Å². The monoisotopic (exact) mass is 352 g/mol. The van der Waals surface area contributed by atoms with E-state index in [1.165, 1.54) is 0 Å². The van der Waals surface area contributed by atoms with Crippen LogP contribution in [0.4, 0.5) is 0 Å². The Morgan fingerprint density at radius 1 is 1.08 bits per heavy atom. The maximum Gasteiger partial charge on any atom is 0.243 e. The maximum absolute atomic E-state index is 12.9. The van der Waals surface area contributed by atoms with Gasteiger partial charge in [0.25, 0.3) is 0 Å². The predicted molar refractivity (Wildman–Crippen MR) is 94.7 cm³/mol. The van der Waals surface area contributed by atoms with Crippen molar-refractivity contribution in [1.29, 1.82) is 0 Å². The molecule has 0 spiro atoms. The molecule has 5 nitrogen and oxygen atoms in total. The lowest BCUT2D eigenvalue weighted by Crippen LogP contribution is -2.44. The molecule has 134 valence electrons. The summed E-state index contributed by atoms with van der Waals surface area (Å²) in [6.07, 6.45) is 1.89. The number of nitrogens with zero attached hydrogens (tertiary/aromatic N) is 2. The SMILES string of the molecule is Cc1ccc(S(=O)(=O)N2CCC(CN3CCOCC3)CC2)c(C)c1. The fourth-order valence-corrected chi connectivity index (χ4v) is 5.38. The maximum atomic E-state index is 12.9. The lowest BCUT2D eigenvalue weighted by atomic mass is 9.97. The largest absolute Gasteiger partial charge is 0.379 e. The highest BCUT2D eigenvalue weighted by atomic mass is 32.2. The third-order valence-electron chi connectivity index (χ3n) is 5.14. The molecule has 0 aromatic heterocycles. The van der Waals surface area contributed by atoms with Crippen LogP contribution >= 0.6 is 0 Å². The van der Waals surface area contributed by atoms with Crippen LogP contribution in [0, 0.1) is 19.8 Å². The van der Waals surface area contributed by atoms with Crippen molar-refractivity contribution >= 4 is 10.0 Å². The van der Waals surface area contributed by atoms with Crippen LogP contribution in [0.3, 0.4) is 0 Å². The van der Waals surface area contributed by atoms with Crippen LogP contribution in [0.5, 0.6) is 0 Å². The number of aryl methyl sites for hydroxylation is 2. The van der Waals surface area contributed by atoms with Crippen molar-refractivity contribution in [2.24, 2.45) is 5.92 Å². The number of sulfonamides is 1. The zero-order valence-electron chi connectivity index (χ0n) is 14.7. The third kappa shape index (κ3) is 3.99. The summed E-state index contributed by atoms with van der Waals surface area (Å²) in [7, 11) is -3.37. The summed E-state index contributed by atoms with van der Waals surface area (Å²) in [5.41, 5.74) is 1.93. The number of rotatable bonds is 4. The molecule has 2 aliphatic heterocycles. The van der Waals surface area contributed by atoms with Gasteiger partial charge in [-0.05, 0) is 44.2 Å². The molecule has 0 radical (unpaired) electrons. The van der Waals surface area contributed by atoms with Crippen molar-refractivity contribution in [2.75, 3.05) is 45.9 Å². The Morgan fingerprint density at radius 3 is 2.38 bits per heavy atom. The quantitative estimate of drug-likeness (QED) is 0.832. The molecule has 1 aromatic rings. The Balaban J connectivity index is 1.61. The van der Waals surface area contributed by atoms with Crippen LogP contribution in [-0.4, -0.2) is 63.6 Å². The Labute approximate surface area is 145 Å². The number of hydrogen-bond acceptors (Lipinski definition) is 4. The van der Waals surface area contributed by atoms with Crippen LogP contribution < -0.4 is 0 Å². The lowest BCUT2D eigenvalue weighted by Gasteiger charge is -2.35. The molecule has 2 aliphatic rings. The van der Waals surface area contributed by atoms with E-state index in [1.807, 2.05) is 26.0 Å². The highest BCUT2D eigenvalue weighted by molar-refractivity contribution is 7.89. The zero-order valence-corrected chi connectivity index (χ0v) is 15.5. The fraction of sp³-hybridized carbons (Fsp3) is 0.667. The van der Waals surface area contributed by atoms with Gasteiger partial charge in [0.2, 0.25) is 10.0 Å². The van der Waals surface area contributed by atoms with Crippen LogP contribution in [0.15, 0.2) is 23.1 Å². The predicted octanol–water partition coefficient (Wildman–Crippen LogP) is 2.04. The second-order valence-electron chi connectivity index (χ2n) is 7.03. The average Bonchev–Trinajstić information content (AvgIpc) is 2.56. The molecule has 0 saturated carbocycles. The highest BCUT2D eigenvalue weighted by Crippen LogP contribution is 2.26. The first-order valence-corrected chi connectivity index (χ1v) is 10.3. The number of ether oxygens (including phenoxy) is 1. The van der Waals surface area contributed by atoms with Gasteiger partial charge in [0, 0.05) is 32.7 Å². The Hall–Kier alpha value is -0.950. The van der Waals surface area contributed by atoms with Crippen LogP contribution in [0.1, 0.15) is 24.0 Å². The lowest BCUT2D eigenvalue weighted by molar-refractivity contribution is 0.0269. The summed E-state index contributed by atoms with van der Waals surface area (Å²) in [5.74, 6) is 0.591. The molecule has 3 rings (SSSR count). The van der Waals surface area contributed by atoms with Gasteiger partial charge in [0.15, 0.2) is 0 Å². The van der Waals surface area contributed by atoms with Gasteiger partial charge in [-0.25, -0.2) is 8.42 Å². The molecule has 2 saturated heterocycles. The van der Waals surface area contributed by atoms with Crippen molar-refractivity contribution < 1.29 is 13.2 Å². The van der Waals surface area contributed by atoms with Crippen molar-refractivity contribution in [3.05, 3.63) is 29.3 Å². The zero-order chi connectivity index (χ0) is 17.2. The van der Waals surface area contributed by atoms with E-state index in [2.05, 4.69) is 4.90 Å². The molecule has 0 bridgehead atoms. The van der Waals surface area contributed by atoms with E-state index in [-0.39, 0.29) is 0 Å². The summed E-state index contributed by atoms with van der Waals surface area (Å²) in [6, 6.07) is 5.57. The van der Waals surface area contributed by atoms with E-state index in [1.54, 1.807) is 10.4 Å². The van der Waals surface area contributed by atoms with E-state index < -0.39 is 10.0 Å². The standard InChI is InChI=1S/C18H28N2O3S/c1-15-3-4-18(16(2)13-15)24(21,22)20-7-5-17(6-8-20)14-19-9-11-23-12-10-19/h3-4,13,17H,5-12,14H2,1-2H3. The number of hydrogen-bond donors (Lipinski definition) is 0. The van der Waals surface area contributed by atoms with Crippen molar-refractivity contribution in [3.8, 4) is 0 Å². The number of piperidine rings is 1. The summed E-state index contributed by atoms with van der Waals surface area (Å²) >= 11 is 0. The Kier molecular flexibility index (Phi) is 5.59. The first-order chi connectivity index (χ1) is 11.5.